The summed E-state index contributed by atoms with van der Waals surface area (Å²) in [6, 6.07) is 6.77. The Morgan fingerprint density at radius 3 is 2.53 bits per heavy atom. The predicted octanol–water partition coefficient (Wildman–Crippen LogP) is 2.23. The van der Waals surface area contributed by atoms with Gasteiger partial charge in [-0.2, -0.15) is 0 Å². The van der Waals surface area contributed by atoms with Crippen molar-refractivity contribution in [2.24, 2.45) is 0 Å². The summed E-state index contributed by atoms with van der Waals surface area (Å²) in [6.07, 6.45) is 0. The molecule has 0 radical (unpaired) electrons. The summed E-state index contributed by atoms with van der Waals surface area (Å²) < 4.78 is 10.5. The molecule has 1 rings (SSSR count). The number of nitrogens with one attached hydrogen (secondary N) is 1. The van der Waals surface area contributed by atoms with Crippen molar-refractivity contribution in [3.05, 3.63) is 34.9 Å². The molecule has 17 heavy (non-hydrogen) atoms. The van der Waals surface area contributed by atoms with E-state index in [1.54, 1.807) is 7.11 Å². The maximum Gasteiger partial charge on any atom is 0.0701 e. The molecule has 0 aromatic heterocycles. The summed E-state index contributed by atoms with van der Waals surface area (Å²) in [6.45, 7) is 6.21. The Balaban J connectivity index is 2.56. The van der Waals surface area contributed by atoms with Gasteiger partial charge >= 0.3 is 0 Å². The largest absolute Gasteiger partial charge is 0.382 e. The first-order valence-electron chi connectivity index (χ1n) is 6.00. The number of methoxy groups -OCH3 is 1. The van der Waals surface area contributed by atoms with Gasteiger partial charge in [-0.1, -0.05) is 18.2 Å². The van der Waals surface area contributed by atoms with Crippen LogP contribution >= 0.6 is 0 Å². The molecular formula is C14H23NO2. The van der Waals surface area contributed by atoms with Crippen LogP contribution in [0.15, 0.2) is 18.2 Å². The van der Waals surface area contributed by atoms with Crippen LogP contribution in [0.2, 0.25) is 0 Å². The van der Waals surface area contributed by atoms with Gasteiger partial charge in [-0.25, -0.2) is 0 Å². The normalized spacial score (nSPS) is 12.7. The highest BCUT2D eigenvalue weighted by Gasteiger charge is 2.09. The molecule has 1 N–H and O–H groups in total. The van der Waals surface area contributed by atoms with E-state index in [9.17, 15) is 0 Å². The Bertz CT molecular complexity index is 339. The van der Waals surface area contributed by atoms with Crippen LogP contribution in [0.3, 0.4) is 0 Å². The number of aryl methyl sites for hydroxylation is 2. The van der Waals surface area contributed by atoms with E-state index in [2.05, 4.69) is 37.4 Å². The average Bonchev–Trinajstić information content (AvgIpc) is 2.33. The van der Waals surface area contributed by atoms with E-state index in [-0.39, 0.29) is 6.04 Å². The van der Waals surface area contributed by atoms with Crippen molar-refractivity contribution >= 4 is 0 Å². The molecule has 0 heterocycles. The number of hydrogen-bond donors (Lipinski definition) is 1. The van der Waals surface area contributed by atoms with Crippen LogP contribution < -0.4 is 5.32 Å². The predicted molar refractivity (Wildman–Crippen MR) is 70.4 cm³/mol. The monoisotopic (exact) mass is 237 g/mol. The van der Waals surface area contributed by atoms with Gasteiger partial charge in [0.25, 0.3) is 0 Å². The zero-order valence-electron chi connectivity index (χ0n) is 11.2. The van der Waals surface area contributed by atoms with Gasteiger partial charge in [0.05, 0.1) is 25.9 Å². The van der Waals surface area contributed by atoms with Gasteiger partial charge in [-0.3, -0.25) is 0 Å². The fourth-order valence-electron chi connectivity index (χ4n) is 1.67. The molecule has 0 aliphatic rings. The average molecular weight is 237 g/mol. The summed E-state index contributed by atoms with van der Waals surface area (Å²) in [4.78, 5) is 0. The molecule has 0 saturated carbocycles. The summed E-state index contributed by atoms with van der Waals surface area (Å²) in [7, 11) is 3.64. The quantitative estimate of drug-likeness (QED) is 0.738. The van der Waals surface area contributed by atoms with E-state index < -0.39 is 0 Å². The van der Waals surface area contributed by atoms with Crippen molar-refractivity contribution in [3.63, 3.8) is 0 Å². The smallest absolute Gasteiger partial charge is 0.0701 e. The van der Waals surface area contributed by atoms with E-state index in [0.717, 1.165) is 0 Å². The number of likely N-dealkylation sites (N-methyl/N-ethyl adjacent to an activating group) is 1. The lowest BCUT2D eigenvalue weighted by Crippen LogP contribution is -2.22. The third kappa shape index (κ3) is 4.46. The second-order valence-corrected chi connectivity index (χ2v) is 4.25. The van der Waals surface area contributed by atoms with E-state index >= 15 is 0 Å². The van der Waals surface area contributed by atoms with Gasteiger partial charge in [0.15, 0.2) is 0 Å². The zero-order valence-corrected chi connectivity index (χ0v) is 11.2. The van der Waals surface area contributed by atoms with Crippen LogP contribution in [0.25, 0.3) is 0 Å². The molecule has 0 aliphatic carbocycles. The minimum atomic E-state index is 0.242. The SMILES string of the molecule is CNC(COCCOC)c1ccc(C)c(C)c1. The lowest BCUT2D eigenvalue weighted by atomic mass is 10.0. The molecule has 1 aromatic carbocycles. The Morgan fingerprint density at radius 1 is 1.18 bits per heavy atom. The molecule has 0 aliphatic heterocycles. The van der Waals surface area contributed by atoms with E-state index in [1.165, 1.54) is 16.7 Å². The molecule has 3 nitrogen and oxygen atoms in total. The maximum absolute atomic E-state index is 5.56. The van der Waals surface area contributed by atoms with E-state index in [0.29, 0.717) is 19.8 Å². The standard InChI is InChI=1S/C14H23NO2/c1-11-5-6-13(9-12(11)2)14(15-3)10-17-8-7-16-4/h5-6,9,14-15H,7-8,10H2,1-4H3. The minimum absolute atomic E-state index is 0.242. The summed E-state index contributed by atoms with van der Waals surface area (Å²) in [5, 5.41) is 3.28. The van der Waals surface area contributed by atoms with Gasteiger partial charge in [0.2, 0.25) is 0 Å². The Kier molecular flexibility index (Phi) is 6.19. The number of rotatable bonds is 7. The highest BCUT2D eigenvalue weighted by atomic mass is 16.5. The van der Waals surface area contributed by atoms with Crippen LogP contribution in [-0.2, 0) is 9.47 Å². The fourth-order valence-corrected chi connectivity index (χ4v) is 1.67. The third-order valence-electron chi connectivity index (χ3n) is 3.00. The second-order valence-electron chi connectivity index (χ2n) is 4.25. The molecule has 0 spiro atoms. The number of hydrogen-bond acceptors (Lipinski definition) is 3. The molecule has 3 heteroatoms. The van der Waals surface area contributed by atoms with Crippen molar-refractivity contribution in [2.45, 2.75) is 19.9 Å². The molecule has 1 atom stereocenters. The molecule has 96 valence electrons. The number of ether oxygens (including phenoxy) is 2. The first-order chi connectivity index (χ1) is 8.19. The summed E-state index contributed by atoms with van der Waals surface area (Å²) in [5.74, 6) is 0. The van der Waals surface area contributed by atoms with Gasteiger partial charge in [0.1, 0.15) is 0 Å². The number of benzene rings is 1. The highest BCUT2D eigenvalue weighted by molar-refractivity contribution is 5.31. The zero-order chi connectivity index (χ0) is 12.7. The van der Waals surface area contributed by atoms with E-state index in [4.69, 9.17) is 9.47 Å². The molecule has 0 saturated heterocycles. The highest BCUT2D eigenvalue weighted by Crippen LogP contribution is 2.17. The second kappa shape index (κ2) is 7.43. The van der Waals surface area contributed by atoms with Crippen LogP contribution in [0.4, 0.5) is 0 Å². The lowest BCUT2D eigenvalue weighted by Gasteiger charge is -2.18. The molecular weight excluding hydrogens is 214 g/mol. The van der Waals surface area contributed by atoms with Crippen molar-refractivity contribution in [1.82, 2.24) is 5.32 Å². The van der Waals surface area contributed by atoms with Gasteiger partial charge < -0.3 is 14.8 Å². The first-order valence-corrected chi connectivity index (χ1v) is 6.00. The molecule has 0 bridgehead atoms. The van der Waals surface area contributed by atoms with Gasteiger partial charge in [0, 0.05) is 7.11 Å². The van der Waals surface area contributed by atoms with Crippen molar-refractivity contribution in [2.75, 3.05) is 34.0 Å². The van der Waals surface area contributed by atoms with Gasteiger partial charge in [-0.15, -0.1) is 0 Å². The topological polar surface area (TPSA) is 30.5 Å². The molecule has 0 amide bonds. The van der Waals surface area contributed by atoms with Crippen LogP contribution in [-0.4, -0.2) is 34.0 Å². The summed E-state index contributed by atoms with van der Waals surface area (Å²) >= 11 is 0. The fraction of sp³-hybridized carbons (Fsp3) is 0.571. The minimum Gasteiger partial charge on any atom is -0.382 e. The van der Waals surface area contributed by atoms with Crippen molar-refractivity contribution < 1.29 is 9.47 Å². The molecule has 0 fully saturated rings. The van der Waals surface area contributed by atoms with Crippen LogP contribution in [0.1, 0.15) is 22.7 Å². The van der Waals surface area contributed by atoms with Crippen LogP contribution in [0.5, 0.6) is 0 Å². The lowest BCUT2D eigenvalue weighted by molar-refractivity contribution is 0.0596. The summed E-state index contributed by atoms with van der Waals surface area (Å²) in [5.41, 5.74) is 3.91. The maximum atomic E-state index is 5.56. The Hall–Kier alpha value is -0.900. The third-order valence-corrected chi connectivity index (χ3v) is 3.00. The van der Waals surface area contributed by atoms with Crippen molar-refractivity contribution in [1.29, 1.82) is 0 Å². The van der Waals surface area contributed by atoms with E-state index in [1.807, 2.05) is 7.05 Å². The van der Waals surface area contributed by atoms with Crippen LogP contribution in [0, 0.1) is 13.8 Å². The Morgan fingerprint density at radius 2 is 1.94 bits per heavy atom. The Labute approximate surface area is 104 Å². The van der Waals surface area contributed by atoms with Gasteiger partial charge in [-0.05, 0) is 37.6 Å². The van der Waals surface area contributed by atoms with Crippen molar-refractivity contribution in [3.8, 4) is 0 Å². The first kappa shape index (κ1) is 14.2. The molecule has 1 aromatic rings. The molecule has 1 unspecified atom stereocenters.